The summed E-state index contributed by atoms with van der Waals surface area (Å²) >= 11 is 0. The Bertz CT molecular complexity index is 978. The van der Waals surface area contributed by atoms with Crippen LogP contribution in [0.15, 0.2) is 110 Å². The summed E-state index contributed by atoms with van der Waals surface area (Å²) in [7, 11) is 0. The second-order valence-corrected chi connectivity index (χ2v) is 8.19. The van der Waals surface area contributed by atoms with Crippen LogP contribution in [0.5, 0.6) is 0 Å². The SMILES string of the molecule is CC.CC.CC.CC.CC.CCc1ccccc1.CCc1cccnc1.CCc1ccncc1.CCc1ncccn1.CCc1ncncn1.[CH2-]C.[Y].[Y]. The molecule has 4 aromatic heterocycles. The summed E-state index contributed by atoms with van der Waals surface area (Å²) in [6.45, 7) is 35.5. The standard InChI is InChI=1S/C8H10.2C7H9N.C6H8N2.C5H7N3.5C2H6.C2H5.2Y/c1-2-8-6-4-3-5-7-8;1-2-7-3-5-8-6-4-7;1-2-7-4-3-5-8-6-7;1-2-6-7-4-3-5-8-6;1-2-5-7-3-6-4-8-5;6*1-2;;/h3-7H,2H2,1H3;2*3-6H,2H2,1H3;3-5H,2H2,1H3;3-4H,2H2,1H3;5*1-2H3;1H2,2H3;;/q;;;;;;;;;;-1;;. The summed E-state index contributed by atoms with van der Waals surface area (Å²) < 4.78 is 0. The van der Waals surface area contributed by atoms with Crippen LogP contribution in [-0.2, 0) is 97.5 Å². The number of benzene rings is 1. The first-order chi connectivity index (χ1) is 25.7. The van der Waals surface area contributed by atoms with Gasteiger partial charge in [-0.1, -0.05) is 140 Å². The van der Waals surface area contributed by atoms with Crippen molar-refractivity contribution < 1.29 is 65.4 Å². The van der Waals surface area contributed by atoms with E-state index in [1.807, 2.05) is 132 Å². The van der Waals surface area contributed by atoms with Gasteiger partial charge in [0, 0.05) is 115 Å². The predicted octanol–water partition coefficient (Wildman–Crippen LogP) is 13.0. The van der Waals surface area contributed by atoms with Crippen molar-refractivity contribution in [1.82, 2.24) is 34.9 Å². The molecule has 2 radical (unpaired) electrons. The van der Waals surface area contributed by atoms with Crippen LogP contribution in [-0.4, -0.2) is 34.9 Å². The first-order valence-corrected chi connectivity index (χ1v) is 19.6. The average Bonchev–Trinajstić information content (AvgIpc) is 3.30. The summed E-state index contributed by atoms with van der Waals surface area (Å²) in [5.74, 6) is 1.76. The maximum Gasteiger partial charge on any atom is 0.131 e. The van der Waals surface area contributed by atoms with Gasteiger partial charge in [-0.3, -0.25) is 9.97 Å². The Morgan fingerprint density at radius 3 is 1.04 bits per heavy atom. The topological polar surface area (TPSA) is 90.2 Å². The molecule has 0 aliphatic heterocycles. The van der Waals surface area contributed by atoms with Gasteiger partial charge in [-0.25, -0.2) is 24.9 Å². The Kier molecular flexibility index (Phi) is 88.8. The molecule has 0 spiro atoms. The molecule has 4 heterocycles. The third-order valence-corrected chi connectivity index (χ3v) is 5.34. The molecule has 0 fully saturated rings. The van der Waals surface area contributed by atoms with Crippen molar-refractivity contribution in [2.45, 2.75) is 143 Å². The first-order valence-electron chi connectivity index (χ1n) is 19.6. The Balaban J connectivity index is -0.0000000755. The Morgan fingerprint density at radius 2 is 0.759 bits per heavy atom. The van der Waals surface area contributed by atoms with Crippen LogP contribution >= 0.6 is 0 Å². The molecule has 0 atom stereocenters. The number of pyridine rings is 2. The summed E-state index contributed by atoms with van der Waals surface area (Å²) in [5, 5.41) is 0. The minimum Gasteiger partial charge on any atom is -0.346 e. The Labute approximate surface area is 385 Å². The van der Waals surface area contributed by atoms with Crippen LogP contribution in [0.2, 0.25) is 0 Å². The molecule has 9 heteroatoms. The van der Waals surface area contributed by atoms with Gasteiger partial charge < -0.3 is 6.92 Å². The third kappa shape index (κ3) is 51.9. The molecular weight excluding hydrogens is 816 g/mol. The largest absolute Gasteiger partial charge is 0.346 e. The molecule has 300 valence electrons. The van der Waals surface area contributed by atoms with E-state index in [1.54, 1.807) is 25.5 Å². The molecule has 54 heavy (non-hydrogen) atoms. The molecule has 0 aliphatic carbocycles. The monoisotopic (exact) mass is 894 g/mol. The number of hydrogen-bond donors (Lipinski definition) is 0. The fraction of sp³-hybridized carbons (Fsp3) is 0.467. The van der Waals surface area contributed by atoms with E-state index in [9.17, 15) is 0 Å². The van der Waals surface area contributed by atoms with Crippen LogP contribution in [0.1, 0.15) is 139 Å². The fourth-order valence-corrected chi connectivity index (χ4v) is 2.90. The van der Waals surface area contributed by atoms with Gasteiger partial charge in [-0.05, 0) is 60.2 Å². The van der Waals surface area contributed by atoms with Gasteiger partial charge in [-0.15, -0.1) is 0 Å². The smallest absolute Gasteiger partial charge is 0.131 e. The van der Waals surface area contributed by atoms with E-state index < -0.39 is 0 Å². The fourth-order valence-electron chi connectivity index (χ4n) is 2.90. The quantitative estimate of drug-likeness (QED) is 0.162. The van der Waals surface area contributed by atoms with Crippen LogP contribution in [0, 0.1) is 6.92 Å². The van der Waals surface area contributed by atoms with Crippen LogP contribution in [0.3, 0.4) is 0 Å². The number of nitrogens with zero attached hydrogens (tertiary/aromatic N) is 7. The second-order valence-electron chi connectivity index (χ2n) is 8.19. The van der Waals surface area contributed by atoms with Gasteiger partial charge in [-0.2, -0.15) is 6.92 Å². The Hall–Kier alpha value is -2.18. The van der Waals surface area contributed by atoms with Crippen LogP contribution in [0.4, 0.5) is 0 Å². The van der Waals surface area contributed by atoms with Crippen molar-refractivity contribution in [3.05, 3.63) is 146 Å². The van der Waals surface area contributed by atoms with Crippen molar-refractivity contribution in [2.75, 3.05) is 0 Å². The summed E-state index contributed by atoms with van der Waals surface area (Å²) in [6.07, 6.45) is 19.0. The van der Waals surface area contributed by atoms with Crippen molar-refractivity contribution >= 4 is 0 Å². The molecule has 1 aromatic carbocycles. The number of aryl methyl sites for hydroxylation is 5. The zero-order valence-electron chi connectivity index (χ0n) is 37.4. The zero-order chi connectivity index (χ0) is 41.1. The van der Waals surface area contributed by atoms with Crippen LogP contribution < -0.4 is 0 Å². The molecule has 0 aliphatic rings. The molecule has 0 saturated carbocycles. The van der Waals surface area contributed by atoms with Crippen molar-refractivity contribution in [3.8, 4) is 0 Å². The Morgan fingerprint density at radius 1 is 0.370 bits per heavy atom. The summed E-state index contributed by atoms with van der Waals surface area (Å²) in [5.41, 5.74) is 4.06. The molecule has 0 amide bonds. The van der Waals surface area contributed by atoms with E-state index in [1.165, 1.54) is 29.3 Å². The van der Waals surface area contributed by atoms with Gasteiger partial charge in [0.05, 0.1) is 0 Å². The van der Waals surface area contributed by atoms with Crippen molar-refractivity contribution in [1.29, 1.82) is 0 Å². The van der Waals surface area contributed by atoms with Crippen molar-refractivity contribution in [2.24, 2.45) is 0 Å². The summed E-state index contributed by atoms with van der Waals surface area (Å²) in [4.78, 5) is 27.2. The second kappa shape index (κ2) is 68.8. The van der Waals surface area contributed by atoms with Gasteiger partial charge in [0.2, 0.25) is 0 Å². The minimum absolute atomic E-state index is 0. The molecule has 5 rings (SSSR count). The molecule has 5 aromatic rings. The average molecular weight is 895 g/mol. The van der Waals surface area contributed by atoms with Gasteiger partial charge >= 0.3 is 0 Å². The molecule has 0 unspecified atom stereocenters. The molecular formula is C45H78N7Y2-. The molecule has 0 bridgehead atoms. The van der Waals surface area contributed by atoms with E-state index >= 15 is 0 Å². The maximum atomic E-state index is 3.99. The number of aromatic nitrogens is 7. The minimum atomic E-state index is 0. The van der Waals surface area contributed by atoms with Crippen LogP contribution in [0.25, 0.3) is 0 Å². The molecule has 0 saturated heterocycles. The predicted molar refractivity (Wildman–Crippen MR) is 231 cm³/mol. The van der Waals surface area contributed by atoms with E-state index in [2.05, 4.69) is 92.9 Å². The first kappa shape index (κ1) is 69.7. The molecule has 0 N–H and O–H groups in total. The van der Waals surface area contributed by atoms with Crippen molar-refractivity contribution in [3.63, 3.8) is 0 Å². The van der Waals surface area contributed by atoms with E-state index in [-0.39, 0.29) is 65.4 Å². The maximum absolute atomic E-state index is 3.99. The number of rotatable bonds is 5. The van der Waals surface area contributed by atoms with Gasteiger partial charge in [0.15, 0.2) is 0 Å². The summed E-state index contributed by atoms with van der Waals surface area (Å²) in [6, 6.07) is 20.4. The number of hydrogen-bond acceptors (Lipinski definition) is 7. The molecule has 7 nitrogen and oxygen atoms in total. The van der Waals surface area contributed by atoms with E-state index in [0.29, 0.717) is 0 Å². The van der Waals surface area contributed by atoms with E-state index in [4.69, 9.17) is 0 Å². The zero-order valence-corrected chi connectivity index (χ0v) is 43.1. The van der Waals surface area contributed by atoms with Gasteiger partial charge in [0.25, 0.3) is 0 Å². The van der Waals surface area contributed by atoms with Gasteiger partial charge in [0.1, 0.15) is 24.3 Å². The normalized spacial score (nSPS) is 7.43. The van der Waals surface area contributed by atoms with E-state index in [0.717, 1.165) is 43.8 Å². The third-order valence-electron chi connectivity index (χ3n) is 5.34.